The summed E-state index contributed by atoms with van der Waals surface area (Å²) in [6.45, 7) is 6.42. The number of H-pyrrole nitrogens is 1. The van der Waals surface area contributed by atoms with E-state index in [2.05, 4.69) is 30.1 Å². The maximum atomic E-state index is 10.8. The largest absolute Gasteiger partial charge is 0.323 e. The van der Waals surface area contributed by atoms with Gasteiger partial charge in [0.05, 0.1) is 0 Å². The Morgan fingerprint density at radius 3 is 2.58 bits per heavy atom. The molecule has 1 heterocycles. The van der Waals surface area contributed by atoms with Gasteiger partial charge in [-0.05, 0) is 12.3 Å². The van der Waals surface area contributed by atoms with Crippen molar-refractivity contribution >= 4 is 11.5 Å². The Labute approximate surface area is 76.0 Å². The molecule has 0 aliphatic heterocycles. The van der Waals surface area contributed by atoms with Gasteiger partial charge in [-0.1, -0.05) is 20.8 Å². The van der Waals surface area contributed by atoms with E-state index in [1.807, 2.05) is 0 Å². The van der Waals surface area contributed by atoms with Gasteiger partial charge < -0.3 is 0 Å². The lowest BCUT2D eigenvalue weighted by Crippen LogP contribution is -2.03. The molecule has 4 heteroatoms. The molecule has 1 unspecified atom stereocenters. The van der Waals surface area contributed by atoms with Crippen LogP contribution >= 0.6 is 11.5 Å². The first-order valence-electron chi connectivity index (χ1n) is 4.15. The van der Waals surface area contributed by atoms with Crippen LogP contribution in [-0.4, -0.2) is 9.36 Å². The fraction of sp³-hybridized carbons (Fsp3) is 0.750. The van der Waals surface area contributed by atoms with Crippen LogP contribution in [0.4, 0.5) is 0 Å². The second-order valence-corrected chi connectivity index (χ2v) is 4.25. The minimum atomic E-state index is -0.0550. The second kappa shape index (κ2) is 3.85. The Morgan fingerprint density at radius 2 is 2.17 bits per heavy atom. The van der Waals surface area contributed by atoms with Crippen LogP contribution in [0.1, 0.15) is 38.9 Å². The third kappa shape index (κ3) is 2.44. The molecule has 1 atom stereocenters. The van der Waals surface area contributed by atoms with Gasteiger partial charge in [0.25, 0.3) is 0 Å². The first kappa shape index (κ1) is 9.45. The lowest BCUT2D eigenvalue weighted by molar-refractivity contribution is 0.510. The third-order valence-corrected chi connectivity index (χ3v) is 2.30. The van der Waals surface area contributed by atoms with Crippen molar-refractivity contribution in [1.82, 2.24) is 9.36 Å². The smallest absolute Gasteiger partial charge is 0.299 e. The van der Waals surface area contributed by atoms with Crippen LogP contribution in [0.25, 0.3) is 0 Å². The zero-order valence-corrected chi connectivity index (χ0v) is 8.44. The maximum absolute atomic E-state index is 10.8. The molecule has 0 aliphatic carbocycles. The van der Waals surface area contributed by atoms with Crippen molar-refractivity contribution in [2.24, 2.45) is 5.92 Å². The van der Waals surface area contributed by atoms with Gasteiger partial charge in [-0.3, -0.25) is 9.78 Å². The van der Waals surface area contributed by atoms with Crippen molar-refractivity contribution in [2.75, 3.05) is 0 Å². The molecule has 0 aromatic carbocycles. The van der Waals surface area contributed by atoms with E-state index in [1.54, 1.807) is 0 Å². The van der Waals surface area contributed by atoms with Crippen LogP contribution in [0.2, 0.25) is 0 Å². The number of aromatic nitrogens is 2. The van der Waals surface area contributed by atoms with Crippen LogP contribution in [0, 0.1) is 5.92 Å². The number of nitrogens with one attached hydrogen (secondary N) is 1. The molecule has 1 aromatic rings. The lowest BCUT2D eigenvalue weighted by atomic mass is 9.99. The van der Waals surface area contributed by atoms with Gasteiger partial charge in [0.15, 0.2) is 0 Å². The molecule has 0 spiro atoms. The van der Waals surface area contributed by atoms with E-state index in [-0.39, 0.29) is 4.87 Å². The van der Waals surface area contributed by atoms with Crippen molar-refractivity contribution < 1.29 is 0 Å². The molecule has 0 saturated carbocycles. The Kier molecular flexibility index (Phi) is 3.03. The van der Waals surface area contributed by atoms with Crippen molar-refractivity contribution in [3.8, 4) is 0 Å². The van der Waals surface area contributed by atoms with Crippen molar-refractivity contribution in [1.29, 1.82) is 0 Å². The monoisotopic (exact) mass is 186 g/mol. The number of hydrogen-bond acceptors (Lipinski definition) is 3. The average molecular weight is 186 g/mol. The highest BCUT2D eigenvalue weighted by Crippen LogP contribution is 2.19. The van der Waals surface area contributed by atoms with Crippen LogP contribution in [0.3, 0.4) is 0 Å². The Bertz CT molecular complexity index is 289. The molecule has 68 valence electrons. The van der Waals surface area contributed by atoms with Crippen molar-refractivity contribution in [3.05, 3.63) is 15.5 Å². The standard InChI is InChI=1S/C8H14N2OS/c1-5(2)4-6(3)7-9-8(11)12-10-7/h5-6H,4H2,1-3H3,(H,9,10,11). The maximum Gasteiger partial charge on any atom is 0.323 e. The second-order valence-electron chi connectivity index (χ2n) is 3.51. The minimum Gasteiger partial charge on any atom is -0.299 e. The molecule has 0 amide bonds. The highest BCUT2D eigenvalue weighted by Gasteiger charge is 2.10. The summed E-state index contributed by atoms with van der Waals surface area (Å²) in [5.41, 5.74) is 0. The van der Waals surface area contributed by atoms with E-state index < -0.39 is 0 Å². The summed E-state index contributed by atoms with van der Waals surface area (Å²) in [5.74, 6) is 1.84. The van der Waals surface area contributed by atoms with Gasteiger partial charge in [0.1, 0.15) is 5.82 Å². The van der Waals surface area contributed by atoms with Gasteiger partial charge in [-0.2, -0.15) is 4.37 Å². The summed E-state index contributed by atoms with van der Waals surface area (Å²) < 4.78 is 4.04. The molecule has 0 bridgehead atoms. The summed E-state index contributed by atoms with van der Waals surface area (Å²) in [5, 5.41) is 0. The van der Waals surface area contributed by atoms with E-state index in [9.17, 15) is 4.79 Å². The molecular weight excluding hydrogens is 172 g/mol. The summed E-state index contributed by atoms with van der Waals surface area (Å²) >= 11 is 0.999. The molecule has 12 heavy (non-hydrogen) atoms. The number of rotatable bonds is 3. The van der Waals surface area contributed by atoms with Gasteiger partial charge in [0, 0.05) is 17.5 Å². The van der Waals surface area contributed by atoms with E-state index in [4.69, 9.17) is 0 Å². The Morgan fingerprint density at radius 1 is 1.50 bits per heavy atom. The third-order valence-electron chi connectivity index (χ3n) is 1.75. The van der Waals surface area contributed by atoms with E-state index >= 15 is 0 Å². The SMILES string of the molecule is CC(C)CC(C)c1nsc(=O)[nH]1. The molecular formula is C8H14N2OS. The fourth-order valence-corrected chi connectivity index (χ4v) is 1.83. The molecule has 1 aromatic heterocycles. The van der Waals surface area contributed by atoms with Crippen molar-refractivity contribution in [2.45, 2.75) is 33.1 Å². The van der Waals surface area contributed by atoms with E-state index in [0.717, 1.165) is 23.8 Å². The average Bonchev–Trinajstić information content (AvgIpc) is 2.34. The minimum absolute atomic E-state index is 0.0550. The first-order chi connectivity index (χ1) is 5.59. The van der Waals surface area contributed by atoms with Crippen LogP contribution in [0.5, 0.6) is 0 Å². The fourth-order valence-electron chi connectivity index (χ4n) is 1.27. The van der Waals surface area contributed by atoms with Gasteiger partial charge in [-0.25, -0.2) is 0 Å². The predicted molar refractivity (Wildman–Crippen MR) is 50.6 cm³/mol. The van der Waals surface area contributed by atoms with E-state index in [0.29, 0.717) is 11.8 Å². The Balaban J connectivity index is 2.65. The predicted octanol–water partition coefficient (Wildman–Crippen LogP) is 1.98. The molecule has 0 fully saturated rings. The molecule has 0 aliphatic rings. The normalized spacial score (nSPS) is 13.7. The van der Waals surface area contributed by atoms with Crippen molar-refractivity contribution in [3.63, 3.8) is 0 Å². The Hall–Kier alpha value is -0.640. The molecule has 1 N–H and O–H groups in total. The number of nitrogens with zero attached hydrogens (tertiary/aromatic N) is 1. The van der Waals surface area contributed by atoms with Crippen LogP contribution in [-0.2, 0) is 0 Å². The summed E-state index contributed by atoms with van der Waals surface area (Å²) in [6, 6.07) is 0. The topological polar surface area (TPSA) is 45.8 Å². The first-order valence-corrected chi connectivity index (χ1v) is 4.93. The highest BCUT2D eigenvalue weighted by molar-refractivity contribution is 7.02. The molecule has 0 radical (unpaired) electrons. The quantitative estimate of drug-likeness (QED) is 0.784. The number of aromatic amines is 1. The van der Waals surface area contributed by atoms with Crippen LogP contribution < -0.4 is 4.87 Å². The lowest BCUT2D eigenvalue weighted by Gasteiger charge is -2.09. The number of hydrogen-bond donors (Lipinski definition) is 1. The van der Waals surface area contributed by atoms with E-state index in [1.165, 1.54) is 0 Å². The van der Waals surface area contributed by atoms with Gasteiger partial charge >= 0.3 is 4.87 Å². The zero-order valence-electron chi connectivity index (χ0n) is 7.63. The highest BCUT2D eigenvalue weighted by atomic mass is 32.1. The molecule has 0 saturated heterocycles. The molecule has 3 nitrogen and oxygen atoms in total. The van der Waals surface area contributed by atoms with Crippen LogP contribution in [0.15, 0.2) is 4.79 Å². The zero-order chi connectivity index (χ0) is 9.14. The summed E-state index contributed by atoms with van der Waals surface area (Å²) in [4.78, 5) is 13.5. The summed E-state index contributed by atoms with van der Waals surface area (Å²) in [6.07, 6.45) is 1.07. The van der Waals surface area contributed by atoms with Gasteiger partial charge in [0.2, 0.25) is 0 Å². The summed E-state index contributed by atoms with van der Waals surface area (Å²) in [7, 11) is 0. The van der Waals surface area contributed by atoms with Gasteiger partial charge in [-0.15, -0.1) is 0 Å². The molecule has 1 rings (SSSR count).